The maximum atomic E-state index is 14.3. The van der Waals surface area contributed by atoms with Crippen LogP contribution in [0.1, 0.15) is 38.3 Å². The second-order valence-corrected chi connectivity index (χ2v) is 14.2. The van der Waals surface area contributed by atoms with E-state index in [9.17, 15) is 18.0 Å². The van der Waals surface area contributed by atoms with Crippen LogP contribution in [0.5, 0.6) is 11.5 Å². The molecule has 0 aliphatic heterocycles. The molecule has 0 spiro atoms. The first-order valence-corrected chi connectivity index (χ1v) is 17.5. The maximum Gasteiger partial charge on any atom is 0.264 e. The van der Waals surface area contributed by atoms with E-state index in [-0.39, 0.29) is 29.0 Å². The number of amides is 2. The van der Waals surface area contributed by atoms with Crippen molar-refractivity contribution in [1.29, 1.82) is 0 Å². The lowest BCUT2D eigenvalue weighted by Gasteiger charge is -2.33. The number of aryl methyl sites for hydroxylation is 1. The number of anilines is 1. The van der Waals surface area contributed by atoms with Gasteiger partial charge < -0.3 is 15.0 Å². The van der Waals surface area contributed by atoms with Gasteiger partial charge in [0.05, 0.1) is 20.6 Å². The molecule has 4 aromatic carbocycles. The van der Waals surface area contributed by atoms with E-state index in [1.165, 1.54) is 17.0 Å². The van der Waals surface area contributed by atoms with Gasteiger partial charge in [-0.15, -0.1) is 0 Å². The third-order valence-electron chi connectivity index (χ3n) is 7.40. The number of hydrogen-bond donors (Lipinski definition) is 1. The van der Waals surface area contributed by atoms with E-state index in [0.717, 1.165) is 9.87 Å². The number of para-hydroxylation sites is 1. The summed E-state index contributed by atoms with van der Waals surface area (Å²) >= 11 is 12.4. The highest BCUT2D eigenvalue weighted by Crippen LogP contribution is 2.29. The highest BCUT2D eigenvalue weighted by Gasteiger charge is 2.34. The molecule has 11 heteroatoms. The molecule has 248 valence electrons. The lowest BCUT2D eigenvalue weighted by molar-refractivity contribution is -0.140. The van der Waals surface area contributed by atoms with E-state index in [1.807, 2.05) is 51.1 Å². The number of rotatable bonds is 14. The van der Waals surface area contributed by atoms with Gasteiger partial charge in [-0.05, 0) is 85.5 Å². The zero-order valence-corrected chi connectivity index (χ0v) is 29.1. The van der Waals surface area contributed by atoms with Gasteiger partial charge in [-0.2, -0.15) is 0 Å². The van der Waals surface area contributed by atoms with E-state index >= 15 is 0 Å². The van der Waals surface area contributed by atoms with Gasteiger partial charge >= 0.3 is 0 Å². The second-order valence-electron chi connectivity index (χ2n) is 11.6. The molecular weight excluding hydrogens is 657 g/mol. The third-order valence-corrected chi connectivity index (χ3v) is 9.93. The van der Waals surface area contributed by atoms with Gasteiger partial charge in [0.1, 0.15) is 24.1 Å². The van der Waals surface area contributed by atoms with Crippen LogP contribution in [-0.2, 0) is 26.2 Å². The summed E-state index contributed by atoms with van der Waals surface area (Å²) in [7, 11) is -4.22. The van der Waals surface area contributed by atoms with Crippen molar-refractivity contribution in [3.63, 3.8) is 0 Å². The van der Waals surface area contributed by atoms with E-state index < -0.39 is 28.5 Å². The number of nitrogens with one attached hydrogen (secondary N) is 1. The van der Waals surface area contributed by atoms with E-state index in [2.05, 4.69) is 5.32 Å². The van der Waals surface area contributed by atoms with Gasteiger partial charge in [0, 0.05) is 13.1 Å². The number of carbonyl (C=O) groups excluding carboxylic acids is 2. The number of halogens is 2. The lowest BCUT2D eigenvalue weighted by atomic mass is 10.1. The molecular formula is C36H39Cl2N3O5S. The largest absolute Gasteiger partial charge is 0.457 e. The van der Waals surface area contributed by atoms with Gasteiger partial charge in [0.2, 0.25) is 11.8 Å². The van der Waals surface area contributed by atoms with Crippen molar-refractivity contribution in [3.8, 4) is 11.5 Å². The summed E-state index contributed by atoms with van der Waals surface area (Å²) < 4.78 is 35.3. The normalized spacial score (nSPS) is 12.0. The Labute approximate surface area is 287 Å². The molecule has 0 saturated heterocycles. The second kappa shape index (κ2) is 16.2. The Balaban J connectivity index is 1.73. The quantitative estimate of drug-likeness (QED) is 0.145. The van der Waals surface area contributed by atoms with Crippen molar-refractivity contribution >= 4 is 50.7 Å². The van der Waals surface area contributed by atoms with Gasteiger partial charge in [-0.1, -0.05) is 85.9 Å². The Morgan fingerprint density at radius 1 is 0.851 bits per heavy atom. The SMILES string of the molecule is CC[C@H](C(=O)NCC(C)C)N(Cc1ccc(Cl)c(Cl)c1)C(=O)CN(c1ccc(Oc2ccccc2)cc1)S(=O)(=O)c1ccc(C)cc1. The van der Waals surface area contributed by atoms with Gasteiger partial charge in [0.25, 0.3) is 10.0 Å². The fourth-order valence-electron chi connectivity index (χ4n) is 4.85. The summed E-state index contributed by atoms with van der Waals surface area (Å²) in [6, 6.07) is 26.2. The molecule has 2 amide bonds. The van der Waals surface area contributed by atoms with Crippen LogP contribution in [0.15, 0.2) is 102 Å². The smallest absolute Gasteiger partial charge is 0.264 e. The number of hydrogen-bond acceptors (Lipinski definition) is 5. The molecule has 0 aromatic heterocycles. The average molecular weight is 697 g/mol. The molecule has 0 unspecified atom stereocenters. The minimum Gasteiger partial charge on any atom is -0.457 e. The Kier molecular flexibility index (Phi) is 12.3. The zero-order chi connectivity index (χ0) is 34.1. The van der Waals surface area contributed by atoms with Crippen LogP contribution in [-0.4, -0.2) is 44.3 Å². The monoisotopic (exact) mass is 695 g/mol. The van der Waals surface area contributed by atoms with Gasteiger partial charge in [-0.25, -0.2) is 8.42 Å². The molecule has 0 bridgehead atoms. The summed E-state index contributed by atoms with van der Waals surface area (Å²) in [4.78, 5) is 29.2. The topological polar surface area (TPSA) is 96.0 Å². The number of benzene rings is 4. The first-order chi connectivity index (χ1) is 22.4. The molecule has 47 heavy (non-hydrogen) atoms. The van der Waals surface area contributed by atoms with Crippen LogP contribution in [0.2, 0.25) is 10.0 Å². The fraction of sp³-hybridized carbons (Fsp3) is 0.278. The van der Waals surface area contributed by atoms with Crippen molar-refractivity contribution in [3.05, 3.63) is 118 Å². The highest BCUT2D eigenvalue weighted by atomic mass is 35.5. The number of sulfonamides is 1. The molecule has 8 nitrogen and oxygen atoms in total. The minimum absolute atomic E-state index is 0.00556. The predicted molar refractivity (Wildman–Crippen MR) is 188 cm³/mol. The molecule has 0 aliphatic rings. The highest BCUT2D eigenvalue weighted by molar-refractivity contribution is 7.92. The van der Waals surface area contributed by atoms with Crippen LogP contribution in [0.4, 0.5) is 5.69 Å². The Morgan fingerprint density at radius 3 is 2.09 bits per heavy atom. The zero-order valence-electron chi connectivity index (χ0n) is 26.8. The molecule has 0 aliphatic carbocycles. The van der Waals surface area contributed by atoms with Crippen molar-refractivity contribution in [2.45, 2.75) is 51.6 Å². The van der Waals surface area contributed by atoms with E-state index in [4.69, 9.17) is 27.9 Å². The molecule has 1 N–H and O–H groups in total. The van der Waals surface area contributed by atoms with Crippen molar-refractivity contribution in [2.75, 3.05) is 17.4 Å². The Hall–Kier alpha value is -4.05. The van der Waals surface area contributed by atoms with Crippen LogP contribution in [0.25, 0.3) is 0 Å². The lowest BCUT2D eigenvalue weighted by Crippen LogP contribution is -2.52. The van der Waals surface area contributed by atoms with Gasteiger partial charge in [0.15, 0.2) is 0 Å². The number of ether oxygens (including phenoxy) is 1. The number of nitrogens with zero attached hydrogens (tertiary/aromatic N) is 2. The summed E-state index contributed by atoms with van der Waals surface area (Å²) in [5, 5.41) is 3.57. The molecule has 1 atom stereocenters. The van der Waals surface area contributed by atoms with Gasteiger partial charge in [-0.3, -0.25) is 13.9 Å². The number of carbonyl (C=O) groups is 2. The van der Waals surface area contributed by atoms with Crippen LogP contribution in [0.3, 0.4) is 0 Å². The average Bonchev–Trinajstić information content (AvgIpc) is 3.05. The summed E-state index contributed by atoms with van der Waals surface area (Å²) in [6.45, 7) is 7.49. The fourth-order valence-corrected chi connectivity index (χ4v) is 6.58. The van der Waals surface area contributed by atoms with Crippen LogP contribution < -0.4 is 14.4 Å². The van der Waals surface area contributed by atoms with Crippen molar-refractivity contribution < 1.29 is 22.7 Å². The minimum atomic E-state index is -4.22. The first kappa shape index (κ1) is 35.8. The Bertz CT molecular complexity index is 1770. The van der Waals surface area contributed by atoms with Crippen molar-refractivity contribution in [1.82, 2.24) is 10.2 Å². The third kappa shape index (κ3) is 9.50. The molecule has 0 heterocycles. The van der Waals surface area contributed by atoms with Crippen LogP contribution >= 0.6 is 23.2 Å². The standard InChI is InChI=1S/C36H39Cl2N3O5S/c1-5-34(36(43)39-22-25(2)3)40(23-27-13-20-32(37)33(38)21-27)35(42)24-41(47(44,45)31-18-11-26(4)12-19-31)28-14-16-30(17-15-28)46-29-9-7-6-8-10-29/h6-21,25,34H,5,22-24H2,1-4H3,(H,39,43)/t34-/m1/s1. The molecule has 0 saturated carbocycles. The Morgan fingerprint density at radius 2 is 1.49 bits per heavy atom. The van der Waals surface area contributed by atoms with E-state index in [1.54, 1.807) is 61.5 Å². The predicted octanol–water partition coefficient (Wildman–Crippen LogP) is 7.87. The molecule has 0 fully saturated rings. The molecule has 4 rings (SSSR count). The molecule has 0 radical (unpaired) electrons. The summed E-state index contributed by atoms with van der Waals surface area (Å²) in [6.07, 6.45) is 0.299. The van der Waals surface area contributed by atoms with Crippen molar-refractivity contribution in [2.24, 2.45) is 5.92 Å². The van der Waals surface area contributed by atoms with E-state index in [0.29, 0.717) is 40.1 Å². The maximum absolute atomic E-state index is 14.3. The first-order valence-electron chi connectivity index (χ1n) is 15.3. The summed E-state index contributed by atoms with van der Waals surface area (Å²) in [5.41, 5.74) is 1.78. The molecule has 4 aromatic rings. The summed E-state index contributed by atoms with van der Waals surface area (Å²) in [5.74, 6) is 0.416. The van der Waals surface area contributed by atoms with Crippen LogP contribution in [0, 0.1) is 12.8 Å².